The molecule has 0 aromatic rings. The average molecular weight is 243 g/mol. The van der Waals surface area contributed by atoms with Crippen LogP contribution in [0.4, 0.5) is 0 Å². The van der Waals surface area contributed by atoms with Crippen molar-refractivity contribution in [3.05, 3.63) is 11.1 Å². The molecule has 0 aromatic carbocycles. The Labute approximate surface area is 104 Å². The first kappa shape index (κ1) is 18.2. The van der Waals surface area contributed by atoms with E-state index in [4.69, 9.17) is 4.74 Å². The molecule has 0 aliphatic carbocycles. The molecule has 0 heterocycles. The summed E-state index contributed by atoms with van der Waals surface area (Å²) in [7, 11) is 1.70. The highest BCUT2D eigenvalue weighted by Gasteiger charge is 2.07. The second-order valence-electron chi connectivity index (χ2n) is 4.34. The summed E-state index contributed by atoms with van der Waals surface area (Å²) in [5.41, 5.74) is 0.965. The van der Waals surface area contributed by atoms with Gasteiger partial charge in [0.2, 0.25) is 5.91 Å². The summed E-state index contributed by atoms with van der Waals surface area (Å²) in [5, 5.41) is 2.70. The molecule has 100 valence electrons. The minimum Gasteiger partial charge on any atom is -0.382 e. The van der Waals surface area contributed by atoms with E-state index in [1.54, 1.807) is 21.0 Å². The number of amides is 1. The van der Waals surface area contributed by atoms with Crippen molar-refractivity contribution in [2.75, 3.05) is 7.11 Å². The molecule has 1 N–H and O–H groups in total. The third-order valence-electron chi connectivity index (χ3n) is 2.00. The van der Waals surface area contributed by atoms with Crippen LogP contribution in [0.25, 0.3) is 0 Å². The zero-order chi connectivity index (χ0) is 14.0. The number of carbonyl (C=O) groups excluding carboxylic acids is 2. The van der Waals surface area contributed by atoms with Crippen molar-refractivity contribution in [1.29, 1.82) is 0 Å². The predicted molar refractivity (Wildman–Crippen MR) is 69.9 cm³/mol. The van der Waals surface area contributed by atoms with Gasteiger partial charge in [-0.15, -0.1) is 0 Å². The minimum atomic E-state index is -0.172. The van der Waals surface area contributed by atoms with Gasteiger partial charge < -0.3 is 10.1 Å². The van der Waals surface area contributed by atoms with Gasteiger partial charge in [0.1, 0.15) is 6.29 Å². The lowest BCUT2D eigenvalue weighted by atomic mass is 10.1. The Morgan fingerprint density at radius 2 is 1.59 bits per heavy atom. The van der Waals surface area contributed by atoms with Crippen molar-refractivity contribution in [2.45, 2.75) is 53.7 Å². The van der Waals surface area contributed by atoms with Crippen LogP contribution in [0.15, 0.2) is 11.1 Å². The van der Waals surface area contributed by atoms with Gasteiger partial charge >= 0.3 is 0 Å². The second kappa shape index (κ2) is 10.0. The summed E-state index contributed by atoms with van der Waals surface area (Å²) in [4.78, 5) is 21.5. The topological polar surface area (TPSA) is 55.4 Å². The van der Waals surface area contributed by atoms with E-state index in [1.165, 1.54) is 0 Å². The number of methoxy groups -OCH3 is 1. The van der Waals surface area contributed by atoms with E-state index in [1.807, 2.05) is 27.7 Å². The highest BCUT2D eigenvalue weighted by molar-refractivity contribution is 5.98. The van der Waals surface area contributed by atoms with Crippen molar-refractivity contribution in [3.63, 3.8) is 0 Å². The molecule has 0 unspecified atom stereocenters. The number of aldehydes is 1. The number of carbonyl (C=O) groups is 2. The summed E-state index contributed by atoms with van der Waals surface area (Å²) in [6, 6.07) is 0.104. The maximum atomic E-state index is 11.2. The van der Waals surface area contributed by atoms with Crippen LogP contribution >= 0.6 is 0 Å². The summed E-state index contributed by atoms with van der Waals surface area (Å²) < 4.78 is 4.75. The lowest BCUT2D eigenvalue weighted by Crippen LogP contribution is -2.31. The minimum absolute atomic E-state index is 0.104. The molecular formula is C13H25NO3. The van der Waals surface area contributed by atoms with E-state index in [0.717, 1.165) is 0 Å². The van der Waals surface area contributed by atoms with Gasteiger partial charge in [0, 0.05) is 18.7 Å². The fourth-order valence-corrected chi connectivity index (χ4v) is 0.638. The Hall–Kier alpha value is -1.16. The van der Waals surface area contributed by atoms with Crippen LogP contribution in [0.2, 0.25) is 0 Å². The molecule has 0 aromatic heterocycles. The van der Waals surface area contributed by atoms with Crippen LogP contribution in [-0.4, -0.2) is 31.4 Å². The average Bonchev–Trinajstić information content (AvgIpc) is 2.26. The molecule has 0 radical (unpaired) electrons. The smallest absolute Gasteiger partial charge is 0.247 e. The van der Waals surface area contributed by atoms with Crippen molar-refractivity contribution >= 4 is 12.2 Å². The molecule has 0 saturated heterocycles. The zero-order valence-corrected chi connectivity index (χ0v) is 12.0. The zero-order valence-electron chi connectivity index (χ0n) is 12.0. The van der Waals surface area contributed by atoms with E-state index >= 15 is 0 Å². The molecule has 0 rings (SSSR count). The number of ether oxygens (including phenoxy) is 1. The van der Waals surface area contributed by atoms with Crippen LogP contribution in [0, 0.1) is 0 Å². The molecule has 17 heavy (non-hydrogen) atoms. The number of hydrogen-bond donors (Lipinski definition) is 1. The Morgan fingerprint density at radius 1 is 1.18 bits per heavy atom. The van der Waals surface area contributed by atoms with Gasteiger partial charge in [0.15, 0.2) is 0 Å². The van der Waals surface area contributed by atoms with Gasteiger partial charge in [-0.05, 0) is 47.1 Å². The Morgan fingerprint density at radius 3 is 1.82 bits per heavy atom. The van der Waals surface area contributed by atoms with Crippen molar-refractivity contribution < 1.29 is 14.3 Å². The molecular weight excluding hydrogens is 218 g/mol. The van der Waals surface area contributed by atoms with E-state index in [2.05, 4.69) is 5.32 Å². The highest BCUT2D eigenvalue weighted by atomic mass is 16.5. The highest BCUT2D eigenvalue weighted by Crippen LogP contribution is 2.00. The molecule has 0 aliphatic rings. The van der Waals surface area contributed by atoms with E-state index in [0.29, 0.717) is 23.5 Å². The SMILES string of the molecule is C/C(C=O)=C(/C)C(=O)NC(C)C.COC(C)C. The molecule has 0 atom stereocenters. The number of nitrogens with one attached hydrogen (secondary N) is 1. The molecule has 0 bridgehead atoms. The summed E-state index contributed by atoms with van der Waals surface area (Å²) in [6.07, 6.45) is 1.07. The van der Waals surface area contributed by atoms with Gasteiger partial charge in [-0.1, -0.05) is 0 Å². The fraction of sp³-hybridized carbons (Fsp3) is 0.692. The van der Waals surface area contributed by atoms with Gasteiger partial charge in [0.05, 0.1) is 6.10 Å². The second-order valence-corrected chi connectivity index (χ2v) is 4.34. The third-order valence-corrected chi connectivity index (χ3v) is 2.00. The monoisotopic (exact) mass is 243 g/mol. The van der Waals surface area contributed by atoms with Crippen molar-refractivity contribution in [1.82, 2.24) is 5.32 Å². The Bertz CT molecular complexity index is 268. The number of allylic oxidation sites excluding steroid dienone is 1. The molecule has 0 spiro atoms. The van der Waals surface area contributed by atoms with E-state index < -0.39 is 0 Å². The lowest BCUT2D eigenvalue weighted by molar-refractivity contribution is -0.118. The fourth-order valence-electron chi connectivity index (χ4n) is 0.638. The van der Waals surface area contributed by atoms with Crippen LogP contribution in [0.3, 0.4) is 0 Å². The normalized spacial score (nSPS) is 11.6. The van der Waals surface area contributed by atoms with Crippen LogP contribution in [0.5, 0.6) is 0 Å². The molecule has 0 fully saturated rings. The largest absolute Gasteiger partial charge is 0.382 e. The summed E-state index contributed by atoms with van der Waals surface area (Å²) in [5.74, 6) is -0.172. The third kappa shape index (κ3) is 11.1. The molecule has 4 heteroatoms. The lowest BCUT2D eigenvalue weighted by Gasteiger charge is -2.08. The first-order valence-corrected chi connectivity index (χ1v) is 5.72. The van der Waals surface area contributed by atoms with Crippen LogP contribution < -0.4 is 5.32 Å². The predicted octanol–water partition coefficient (Wildman–Crippen LogP) is 2.09. The van der Waals surface area contributed by atoms with Crippen molar-refractivity contribution in [2.24, 2.45) is 0 Å². The molecule has 0 aliphatic heterocycles. The standard InChI is InChI=1S/C9H15NO2.C4H10O/c1-6(2)10-9(12)8(4)7(3)5-11;1-4(2)5-3/h5-6H,1-4H3,(H,10,12);4H,1-3H3/b8-7+;. The molecule has 0 saturated carbocycles. The van der Waals surface area contributed by atoms with Gasteiger partial charge in [-0.2, -0.15) is 0 Å². The maximum absolute atomic E-state index is 11.2. The number of hydrogen-bond acceptors (Lipinski definition) is 3. The summed E-state index contributed by atoms with van der Waals surface area (Å²) in [6.45, 7) is 11.0. The van der Waals surface area contributed by atoms with Gasteiger partial charge in [0.25, 0.3) is 0 Å². The first-order chi connectivity index (χ1) is 7.76. The molecule has 4 nitrogen and oxygen atoms in total. The maximum Gasteiger partial charge on any atom is 0.247 e. The molecule has 1 amide bonds. The van der Waals surface area contributed by atoms with Gasteiger partial charge in [-0.25, -0.2) is 0 Å². The first-order valence-electron chi connectivity index (χ1n) is 5.72. The Kier molecular flexibility index (Phi) is 10.7. The van der Waals surface area contributed by atoms with E-state index in [9.17, 15) is 9.59 Å². The summed E-state index contributed by atoms with van der Waals surface area (Å²) >= 11 is 0. The van der Waals surface area contributed by atoms with Crippen LogP contribution in [0.1, 0.15) is 41.5 Å². The quantitative estimate of drug-likeness (QED) is 0.607. The van der Waals surface area contributed by atoms with Gasteiger partial charge in [-0.3, -0.25) is 9.59 Å². The van der Waals surface area contributed by atoms with Crippen molar-refractivity contribution in [3.8, 4) is 0 Å². The van der Waals surface area contributed by atoms with Crippen LogP contribution in [-0.2, 0) is 14.3 Å². The Balaban J connectivity index is 0. The number of rotatable bonds is 4. The van der Waals surface area contributed by atoms with E-state index in [-0.39, 0.29) is 11.9 Å².